The van der Waals surface area contributed by atoms with Crippen molar-refractivity contribution < 1.29 is 9.18 Å². The van der Waals surface area contributed by atoms with E-state index < -0.39 is 5.82 Å². The minimum atomic E-state index is -0.392. The van der Waals surface area contributed by atoms with E-state index in [0.717, 1.165) is 43.8 Å². The first-order valence-corrected chi connectivity index (χ1v) is 10.4. The third-order valence-electron chi connectivity index (χ3n) is 5.42. The van der Waals surface area contributed by atoms with E-state index in [9.17, 15) is 9.18 Å². The summed E-state index contributed by atoms with van der Waals surface area (Å²) in [5, 5.41) is 0. The Morgan fingerprint density at radius 3 is 2.54 bits per heavy atom. The molecule has 1 saturated heterocycles. The lowest BCUT2D eigenvalue weighted by atomic mass is 10.0. The number of carbonyl (C=O) groups is 1. The Kier molecular flexibility index (Phi) is 6.76. The van der Waals surface area contributed by atoms with E-state index in [0.29, 0.717) is 5.92 Å². The molecule has 0 spiro atoms. The highest BCUT2D eigenvalue weighted by Gasteiger charge is 2.28. The molecule has 0 bridgehead atoms. The lowest BCUT2D eigenvalue weighted by Crippen LogP contribution is -2.28. The molecule has 1 saturated carbocycles. The van der Waals surface area contributed by atoms with Crippen molar-refractivity contribution in [2.75, 3.05) is 13.1 Å². The van der Waals surface area contributed by atoms with Crippen molar-refractivity contribution >= 4 is 5.91 Å². The third kappa shape index (κ3) is 4.94. The van der Waals surface area contributed by atoms with E-state index in [1.165, 1.54) is 30.2 Å². The summed E-state index contributed by atoms with van der Waals surface area (Å²) in [6.07, 6.45) is 9.11. The fourth-order valence-corrected chi connectivity index (χ4v) is 3.54. The Hall–Kier alpha value is -2.30. The molecule has 4 nitrogen and oxygen atoms in total. The largest absolute Gasteiger partial charge is 0.339 e. The number of amides is 1. The smallest absolute Gasteiger partial charge is 0.256 e. The zero-order chi connectivity index (χ0) is 20.1. The third-order valence-corrected chi connectivity index (χ3v) is 5.42. The maximum absolute atomic E-state index is 13.7. The van der Waals surface area contributed by atoms with Crippen LogP contribution in [0.2, 0.25) is 0 Å². The number of halogens is 1. The number of hydrogen-bond acceptors (Lipinski definition) is 3. The highest BCUT2D eigenvalue weighted by molar-refractivity contribution is 5.94. The summed E-state index contributed by atoms with van der Waals surface area (Å²) in [5.41, 5.74) is 3.76. The van der Waals surface area contributed by atoms with Crippen LogP contribution in [-0.4, -0.2) is 33.9 Å². The number of hydrogen-bond donors (Lipinski definition) is 0. The Labute approximate surface area is 167 Å². The molecule has 1 aliphatic carbocycles. The summed E-state index contributed by atoms with van der Waals surface area (Å²) in [5.74, 6) is 0.737. The van der Waals surface area contributed by atoms with Crippen LogP contribution >= 0.6 is 0 Å². The predicted molar refractivity (Wildman–Crippen MR) is 109 cm³/mol. The molecule has 0 atom stereocenters. The SMILES string of the molecule is CC(C)c1cncnc1C1CC1.CCc1ccc(C(=O)N2CCCC2)c(F)c1. The normalized spacial score (nSPS) is 16.1. The Bertz CT molecular complexity index is 790. The monoisotopic (exact) mass is 383 g/mol. The number of benzene rings is 1. The molecule has 2 aliphatic rings. The van der Waals surface area contributed by atoms with Crippen LogP contribution in [0.4, 0.5) is 4.39 Å². The summed E-state index contributed by atoms with van der Waals surface area (Å²) in [7, 11) is 0. The molecular formula is C23H30FN3O. The summed E-state index contributed by atoms with van der Waals surface area (Å²) >= 11 is 0. The number of rotatable bonds is 4. The van der Waals surface area contributed by atoms with Crippen molar-refractivity contribution in [1.29, 1.82) is 0 Å². The molecule has 2 heterocycles. The molecule has 0 N–H and O–H groups in total. The fraction of sp³-hybridized carbons (Fsp3) is 0.522. The topological polar surface area (TPSA) is 46.1 Å². The molecule has 0 unspecified atom stereocenters. The van der Waals surface area contributed by atoms with Crippen molar-refractivity contribution in [1.82, 2.24) is 14.9 Å². The fourth-order valence-electron chi connectivity index (χ4n) is 3.54. The molecule has 1 aromatic carbocycles. The van der Waals surface area contributed by atoms with Crippen LogP contribution in [-0.2, 0) is 6.42 Å². The highest BCUT2D eigenvalue weighted by Crippen LogP contribution is 2.41. The van der Waals surface area contributed by atoms with Crippen LogP contribution in [0.25, 0.3) is 0 Å². The van der Waals surface area contributed by atoms with Gasteiger partial charge in [-0.25, -0.2) is 14.4 Å². The van der Waals surface area contributed by atoms with Crippen molar-refractivity contribution in [2.24, 2.45) is 0 Å². The second-order valence-electron chi connectivity index (χ2n) is 7.96. The van der Waals surface area contributed by atoms with Crippen molar-refractivity contribution in [3.63, 3.8) is 0 Å². The molecule has 0 radical (unpaired) electrons. The molecule has 4 rings (SSSR count). The molecule has 2 aromatic rings. The Balaban J connectivity index is 0.000000167. The van der Waals surface area contributed by atoms with E-state index in [1.54, 1.807) is 17.3 Å². The van der Waals surface area contributed by atoms with E-state index in [-0.39, 0.29) is 11.5 Å². The van der Waals surface area contributed by atoms with Gasteiger partial charge in [0.25, 0.3) is 5.91 Å². The van der Waals surface area contributed by atoms with Gasteiger partial charge in [0.2, 0.25) is 0 Å². The van der Waals surface area contributed by atoms with Gasteiger partial charge in [-0.3, -0.25) is 4.79 Å². The van der Waals surface area contributed by atoms with Crippen LogP contribution in [0.15, 0.2) is 30.7 Å². The molecule has 1 amide bonds. The summed E-state index contributed by atoms with van der Waals surface area (Å²) < 4.78 is 13.7. The zero-order valence-electron chi connectivity index (χ0n) is 17.1. The van der Waals surface area contributed by atoms with Gasteiger partial charge in [0, 0.05) is 25.2 Å². The molecule has 1 aromatic heterocycles. The lowest BCUT2D eigenvalue weighted by Gasteiger charge is -2.15. The average molecular weight is 384 g/mol. The standard InChI is InChI=1S/C13H16FNO.C10H14N2/c1-2-10-5-6-11(12(14)9-10)13(16)15-7-3-4-8-15;1-7(2)9-5-11-6-12-10(9)8-3-4-8/h5-6,9H,2-4,7-8H2,1H3;5-8H,3-4H2,1-2H3. The van der Waals surface area contributed by atoms with Gasteiger partial charge in [-0.15, -0.1) is 0 Å². The lowest BCUT2D eigenvalue weighted by molar-refractivity contribution is 0.0788. The van der Waals surface area contributed by atoms with Crippen LogP contribution in [0.5, 0.6) is 0 Å². The number of aromatic nitrogens is 2. The maximum atomic E-state index is 13.7. The van der Waals surface area contributed by atoms with E-state index in [1.807, 2.05) is 19.2 Å². The van der Waals surface area contributed by atoms with Gasteiger partial charge in [-0.05, 0) is 61.3 Å². The zero-order valence-corrected chi connectivity index (χ0v) is 17.1. The summed E-state index contributed by atoms with van der Waals surface area (Å²) in [6.45, 7) is 7.88. The first-order chi connectivity index (χ1) is 13.5. The molecular weight excluding hydrogens is 353 g/mol. The number of aryl methyl sites for hydroxylation is 1. The van der Waals surface area contributed by atoms with Crippen molar-refractivity contribution in [3.8, 4) is 0 Å². The summed E-state index contributed by atoms with van der Waals surface area (Å²) in [4.78, 5) is 22.1. The molecule has 1 aliphatic heterocycles. The minimum absolute atomic E-state index is 0.169. The molecule has 5 heteroatoms. The molecule has 2 fully saturated rings. The average Bonchev–Trinajstić information content (AvgIpc) is 3.41. The number of carbonyl (C=O) groups excluding carboxylic acids is 1. The van der Waals surface area contributed by atoms with Crippen LogP contribution in [0.3, 0.4) is 0 Å². The number of likely N-dealkylation sites (tertiary alicyclic amines) is 1. The quantitative estimate of drug-likeness (QED) is 0.738. The second-order valence-corrected chi connectivity index (χ2v) is 7.96. The van der Waals surface area contributed by atoms with E-state index in [4.69, 9.17) is 0 Å². The molecule has 28 heavy (non-hydrogen) atoms. The van der Waals surface area contributed by atoms with Gasteiger partial charge in [0.15, 0.2) is 0 Å². The molecule has 150 valence electrons. The van der Waals surface area contributed by atoms with Crippen molar-refractivity contribution in [3.05, 3.63) is 58.9 Å². The van der Waals surface area contributed by atoms with Crippen LogP contribution in [0, 0.1) is 5.82 Å². The van der Waals surface area contributed by atoms with Gasteiger partial charge in [0.05, 0.1) is 11.3 Å². The highest BCUT2D eigenvalue weighted by atomic mass is 19.1. The van der Waals surface area contributed by atoms with E-state index in [2.05, 4.69) is 23.8 Å². The summed E-state index contributed by atoms with van der Waals surface area (Å²) in [6, 6.07) is 4.89. The Morgan fingerprint density at radius 1 is 1.25 bits per heavy atom. The van der Waals surface area contributed by atoms with E-state index >= 15 is 0 Å². The van der Waals surface area contributed by atoms with Gasteiger partial charge in [-0.2, -0.15) is 0 Å². The first-order valence-electron chi connectivity index (χ1n) is 10.4. The van der Waals surface area contributed by atoms with Gasteiger partial charge in [-0.1, -0.05) is 26.8 Å². The van der Waals surface area contributed by atoms with Crippen LogP contribution < -0.4 is 0 Å². The second kappa shape index (κ2) is 9.26. The van der Waals surface area contributed by atoms with Gasteiger partial charge in [0.1, 0.15) is 12.1 Å². The minimum Gasteiger partial charge on any atom is -0.339 e. The first kappa shape index (κ1) is 20.4. The van der Waals surface area contributed by atoms with Gasteiger partial charge < -0.3 is 4.90 Å². The van der Waals surface area contributed by atoms with Crippen LogP contribution in [0.1, 0.15) is 85.5 Å². The predicted octanol–water partition coefficient (Wildman–Crippen LogP) is 5.10. The Morgan fingerprint density at radius 2 is 1.96 bits per heavy atom. The maximum Gasteiger partial charge on any atom is 0.256 e. The number of nitrogens with zero attached hydrogens (tertiary/aromatic N) is 3. The van der Waals surface area contributed by atoms with Crippen molar-refractivity contribution in [2.45, 2.75) is 64.7 Å². The van der Waals surface area contributed by atoms with Gasteiger partial charge >= 0.3 is 0 Å².